The molecule has 1 aliphatic carbocycles. The molecular formula is C16H32N2. The van der Waals surface area contributed by atoms with E-state index in [1.54, 1.807) is 0 Å². The Labute approximate surface area is 114 Å². The molecule has 1 N–H and O–H groups in total. The Kier molecular flexibility index (Phi) is 5.08. The van der Waals surface area contributed by atoms with Crippen LogP contribution in [0, 0.1) is 11.3 Å². The second-order valence-electron chi connectivity index (χ2n) is 7.19. The van der Waals surface area contributed by atoms with Crippen LogP contribution in [0.3, 0.4) is 0 Å². The van der Waals surface area contributed by atoms with Crippen LogP contribution in [-0.2, 0) is 0 Å². The average Bonchev–Trinajstić information content (AvgIpc) is 2.34. The molecule has 2 nitrogen and oxygen atoms in total. The van der Waals surface area contributed by atoms with E-state index in [-0.39, 0.29) is 0 Å². The predicted octanol–water partition coefficient (Wildman–Crippen LogP) is 3.28. The Morgan fingerprint density at radius 3 is 2.56 bits per heavy atom. The highest BCUT2D eigenvalue weighted by Crippen LogP contribution is 2.39. The van der Waals surface area contributed by atoms with Crippen molar-refractivity contribution in [3.8, 4) is 0 Å². The second-order valence-corrected chi connectivity index (χ2v) is 7.19. The minimum Gasteiger partial charge on any atom is -0.314 e. The summed E-state index contributed by atoms with van der Waals surface area (Å²) in [7, 11) is 0. The fourth-order valence-corrected chi connectivity index (χ4v) is 3.93. The van der Waals surface area contributed by atoms with Gasteiger partial charge in [0, 0.05) is 12.6 Å². The van der Waals surface area contributed by atoms with E-state index in [4.69, 9.17) is 0 Å². The van der Waals surface area contributed by atoms with Crippen LogP contribution in [0.15, 0.2) is 0 Å². The van der Waals surface area contributed by atoms with Crippen molar-refractivity contribution in [2.45, 2.75) is 65.3 Å². The van der Waals surface area contributed by atoms with Gasteiger partial charge in [-0.15, -0.1) is 0 Å². The molecule has 2 fully saturated rings. The van der Waals surface area contributed by atoms with Gasteiger partial charge < -0.3 is 10.2 Å². The van der Waals surface area contributed by atoms with Crippen LogP contribution < -0.4 is 5.32 Å². The zero-order valence-electron chi connectivity index (χ0n) is 12.7. The van der Waals surface area contributed by atoms with E-state index in [1.807, 2.05) is 0 Å². The Morgan fingerprint density at radius 2 is 1.89 bits per heavy atom. The minimum absolute atomic E-state index is 0.562. The normalized spacial score (nSPS) is 33.5. The van der Waals surface area contributed by atoms with Crippen LogP contribution in [0.5, 0.6) is 0 Å². The van der Waals surface area contributed by atoms with Crippen LogP contribution in [0.2, 0.25) is 0 Å². The van der Waals surface area contributed by atoms with E-state index in [0.717, 1.165) is 18.5 Å². The molecule has 1 aliphatic heterocycles. The molecule has 106 valence electrons. The monoisotopic (exact) mass is 252 g/mol. The first-order chi connectivity index (χ1) is 8.61. The molecule has 1 saturated heterocycles. The molecule has 18 heavy (non-hydrogen) atoms. The first kappa shape index (κ1) is 14.3. The summed E-state index contributed by atoms with van der Waals surface area (Å²) in [4.78, 5) is 2.72. The molecular weight excluding hydrogens is 220 g/mol. The third-order valence-corrected chi connectivity index (χ3v) is 4.92. The van der Waals surface area contributed by atoms with Gasteiger partial charge in [-0.25, -0.2) is 0 Å². The Morgan fingerprint density at radius 1 is 1.17 bits per heavy atom. The summed E-state index contributed by atoms with van der Waals surface area (Å²) < 4.78 is 0. The Bertz CT molecular complexity index is 243. The first-order valence-electron chi connectivity index (χ1n) is 8.06. The third-order valence-electron chi connectivity index (χ3n) is 4.92. The highest BCUT2D eigenvalue weighted by molar-refractivity contribution is 4.90. The van der Waals surface area contributed by atoms with Gasteiger partial charge in [-0.05, 0) is 63.1 Å². The van der Waals surface area contributed by atoms with E-state index in [2.05, 4.69) is 31.0 Å². The lowest BCUT2D eigenvalue weighted by molar-refractivity contribution is 0.0925. The van der Waals surface area contributed by atoms with E-state index >= 15 is 0 Å². The molecule has 2 rings (SSSR count). The molecule has 2 unspecified atom stereocenters. The topological polar surface area (TPSA) is 15.3 Å². The van der Waals surface area contributed by atoms with Crippen LogP contribution in [0.4, 0.5) is 0 Å². The van der Waals surface area contributed by atoms with Crippen molar-refractivity contribution in [2.75, 3.05) is 26.2 Å². The molecule has 0 radical (unpaired) electrons. The Hall–Kier alpha value is -0.0800. The van der Waals surface area contributed by atoms with Crippen molar-refractivity contribution in [3.05, 3.63) is 0 Å². The van der Waals surface area contributed by atoms with E-state index in [0.29, 0.717) is 5.41 Å². The second kappa shape index (κ2) is 6.38. The van der Waals surface area contributed by atoms with Gasteiger partial charge in [-0.2, -0.15) is 0 Å². The lowest BCUT2D eigenvalue weighted by Gasteiger charge is -2.43. The maximum atomic E-state index is 3.74. The van der Waals surface area contributed by atoms with Crippen molar-refractivity contribution in [1.29, 1.82) is 0 Å². The number of hydrogen-bond acceptors (Lipinski definition) is 2. The summed E-state index contributed by atoms with van der Waals surface area (Å²) in [5.74, 6) is 0.867. The lowest BCUT2D eigenvalue weighted by Crippen LogP contribution is -2.48. The van der Waals surface area contributed by atoms with Crippen molar-refractivity contribution in [3.63, 3.8) is 0 Å². The molecule has 1 saturated carbocycles. The van der Waals surface area contributed by atoms with Gasteiger partial charge in [0.1, 0.15) is 0 Å². The van der Waals surface area contributed by atoms with Gasteiger partial charge in [0.15, 0.2) is 0 Å². The molecule has 0 amide bonds. The summed E-state index contributed by atoms with van der Waals surface area (Å²) in [5.41, 5.74) is 0.562. The van der Waals surface area contributed by atoms with Crippen LogP contribution >= 0.6 is 0 Å². The summed E-state index contributed by atoms with van der Waals surface area (Å²) in [6.07, 6.45) is 8.45. The summed E-state index contributed by atoms with van der Waals surface area (Å²) in [5, 5.41) is 3.74. The number of hydrogen-bond donors (Lipinski definition) is 1. The molecule has 0 aromatic heterocycles. The molecule has 2 atom stereocenters. The predicted molar refractivity (Wildman–Crippen MR) is 78.9 cm³/mol. The highest BCUT2D eigenvalue weighted by Gasteiger charge is 2.35. The molecule has 0 aromatic carbocycles. The van der Waals surface area contributed by atoms with E-state index in [1.165, 1.54) is 58.2 Å². The van der Waals surface area contributed by atoms with Crippen LogP contribution in [-0.4, -0.2) is 37.1 Å². The van der Waals surface area contributed by atoms with E-state index in [9.17, 15) is 0 Å². The fourth-order valence-electron chi connectivity index (χ4n) is 3.93. The molecule has 0 bridgehead atoms. The van der Waals surface area contributed by atoms with Crippen LogP contribution in [0.25, 0.3) is 0 Å². The number of piperidine rings is 1. The standard InChI is InChI=1S/C16H32N2/c1-4-17-15-8-9-16(2,3)12-14(15)13-18-10-6-5-7-11-18/h14-15,17H,4-13H2,1-3H3. The molecule has 0 spiro atoms. The van der Waals surface area contributed by atoms with E-state index < -0.39 is 0 Å². The van der Waals surface area contributed by atoms with Gasteiger partial charge in [0.25, 0.3) is 0 Å². The molecule has 1 heterocycles. The molecule has 2 aliphatic rings. The largest absolute Gasteiger partial charge is 0.314 e. The number of nitrogens with zero attached hydrogens (tertiary/aromatic N) is 1. The van der Waals surface area contributed by atoms with Crippen molar-refractivity contribution >= 4 is 0 Å². The minimum atomic E-state index is 0.562. The quantitative estimate of drug-likeness (QED) is 0.826. The van der Waals surface area contributed by atoms with Gasteiger partial charge in [-0.1, -0.05) is 27.2 Å². The van der Waals surface area contributed by atoms with Gasteiger partial charge in [-0.3, -0.25) is 0 Å². The van der Waals surface area contributed by atoms with Gasteiger partial charge >= 0.3 is 0 Å². The molecule has 2 heteroatoms. The zero-order chi connectivity index (χ0) is 13.0. The summed E-state index contributed by atoms with van der Waals surface area (Å²) >= 11 is 0. The smallest absolute Gasteiger partial charge is 0.0108 e. The fraction of sp³-hybridized carbons (Fsp3) is 1.00. The lowest BCUT2D eigenvalue weighted by atomic mass is 9.69. The number of nitrogens with one attached hydrogen (secondary N) is 1. The molecule has 0 aromatic rings. The van der Waals surface area contributed by atoms with Crippen molar-refractivity contribution in [1.82, 2.24) is 10.2 Å². The maximum Gasteiger partial charge on any atom is 0.0108 e. The SMILES string of the molecule is CCNC1CCC(C)(C)CC1CN1CCCCC1. The average molecular weight is 252 g/mol. The van der Waals surface area contributed by atoms with Crippen molar-refractivity contribution in [2.24, 2.45) is 11.3 Å². The number of rotatable bonds is 4. The van der Waals surface area contributed by atoms with Crippen LogP contribution in [0.1, 0.15) is 59.3 Å². The first-order valence-corrected chi connectivity index (χ1v) is 8.06. The van der Waals surface area contributed by atoms with Gasteiger partial charge in [0.2, 0.25) is 0 Å². The summed E-state index contributed by atoms with van der Waals surface area (Å²) in [6, 6.07) is 0.768. The van der Waals surface area contributed by atoms with Crippen molar-refractivity contribution < 1.29 is 0 Å². The third kappa shape index (κ3) is 3.96. The highest BCUT2D eigenvalue weighted by atomic mass is 15.1. The zero-order valence-corrected chi connectivity index (χ0v) is 12.7. The summed E-state index contributed by atoms with van der Waals surface area (Å²) in [6.45, 7) is 12.3. The Balaban J connectivity index is 1.91. The van der Waals surface area contributed by atoms with Gasteiger partial charge in [0.05, 0.1) is 0 Å². The number of likely N-dealkylation sites (tertiary alicyclic amines) is 1. The maximum absolute atomic E-state index is 3.74.